The Hall–Kier alpha value is -3.19. The Morgan fingerprint density at radius 2 is 1.89 bits per heavy atom. The number of rotatable bonds is 6. The summed E-state index contributed by atoms with van der Waals surface area (Å²) in [5, 5.41) is 7.33. The number of benzene rings is 2. The van der Waals surface area contributed by atoms with Gasteiger partial charge < -0.3 is 16.9 Å². The molecule has 0 aliphatic rings. The molecule has 2 aromatic carbocycles. The van der Waals surface area contributed by atoms with Gasteiger partial charge in [-0.3, -0.25) is 0 Å². The van der Waals surface area contributed by atoms with Crippen LogP contribution in [-0.4, -0.2) is 20.8 Å². The lowest BCUT2D eigenvalue weighted by Gasteiger charge is -2.09. The van der Waals surface area contributed by atoms with Crippen LogP contribution in [0.25, 0.3) is 11.4 Å². The van der Waals surface area contributed by atoms with Crippen LogP contribution in [0.15, 0.2) is 53.6 Å². The molecule has 7 nitrogen and oxygen atoms in total. The summed E-state index contributed by atoms with van der Waals surface area (Å²) >= 11 is 6.09. The zero-order valence-corrected chi connectivity index (χ0v) is 15.6. The van der Waals surface area contributed by atoms with Crippen molar-refractivity contribution in [2.24, 2.45) is 16.7 Å². The normalized spacial score (nSPS) is 11.4. The van der Waals surface area contributed by atoms with Crippen molar-refractivity contribution in [2.45, 2.75) is 19.8 Å². The van der Waals surface area contributed by atoms with Gasteiger partial charge in [0.1, 0.15) is 11.7 Å². The molecule has 138 valence electrons. The van der Waals surface area contributed by atoms with Gasteiger partial charge in [0.15, 0.2) is 5.82 Å². The van der Waals surface area contributed by atoms with Crippen molar-refractivity contribution in [1.29, 1.82) is 0 Å². The van der Waals surface area contributed by atoms with Crippen LogP contribution in [-0.2, 0) is 12.8 Å². The zero-order valence-electron chi connectivity index (χ0n) is 14.9. The summed E-state index contributed by atoms with van der Waals surface area (Å²) in [5.74, 6) is 7.31. The number of hydrogen-bond acceptors (Lipinski definition) is 6. The van der Waals surface area contributed by atoms with E-state index in [2.05, 4.69) is 25.4 Å². The highest BCUT2D eigenvalue weighted by atomic mass is 35.5. The van der Waals surface area contributed by atoms with Crippen LogP contribution in [0.2, 0.25) is 5.02 Å². The first-order chi connectivity index (χ1) is 13.1. The fourth-order valence-corrected chi connectivity index (χ4v) is 2.67. The fourth-order valence-electron chi connectivity index (χ4n) is 2.48. The van der Waals surface area contributed by atoms with E-state index in [1.54, 1.807) is 0 Å². The van der Waals surface area contributed by atoms with Crippen LogP contribution < -0.4 is 16.9 Å². The summed E-state index contributed by atoms with van der Waals surface area (Å²) in [6.45, 7) is 2.00. The molecule has 0 aliphatic heterocycles. The maximum absolute atomic E-state index is 6.09. The summed E-state index contributed by atoms with van der Waals surface area (Å²) in [6, 6.07) is 15.2. The minimum atomic E-state index is 0.381. The Labute approximate surface area is 162 Å². The first-order valence-electron chi connectivity index (χ1n) is 8.46. The molecule has 0 unspecified atom stereocenters. The summed E-state index contributed by atoms with van der Waals surface area (Å²) in [5.41, 5.74) is 8.36. The predicted octanol–water partition coefficient (Wildman–Crippen LogP) is 3.27. The number of halogens is 1. The molecule has 0 spiro atoms. The molecule has 27 heavy (non-hydrogen) atoms. The minimum Gasteiger partial charge on any atom is -0.385 e. The lowest BCUT2D eigenvalue weighted by molar-refractivity contribution is 0.910. The maximum Gasteiger partial charge on any atom is 0.231 e. The average molecular weight is 382 g/mol. The van der Waals surface area contributed by atoms with Crippen LogP contribution in [0.3, 0.4) is 0 Å². The third-order valence-electron chi connectivity index (χ3n) is 3.84. The first kappa shape index (κ1) is 18.6. The number of anilines is 2. The highest BCUT2D eigenvalue weighted by Gasteiger charge is 2.09. The Balaban J connectivity index is 1.85. The van der Waals surface area contributed by atoms with Gasteiger partial charge in [-0.05, 0) is 29.8 Å². The fraction of sp³-hybridized carbons (Fsp3) is 0.158. The molecule has 3 aromatic rings. The Bertz CT molecular complexity index is 955. The average Bonchev–Trinajstić information content (AvgIpc) is 2.69. The number of nitrogens with one attached hydrogen (secondary N) is 1. The quantitative estimate of drug-likeness (QED) is 0.261. The number of nitrogens with two attached hydrogens (primary N) is 2. The largest absolute Gasteiger partial charge is 0.385 e. The molecule has 0 amide bonds. The molecule has 0 bridgehead atoms. The van der Waals surface area contributed by atoms with Gasteiger partial charge >= 0.3 is 0 Å². The SMILES string of the molecule is CCc1nc(Nc2ccc(C/C(N)=N/N)cc2)nc(-c2cccc(Cl)c2)n1. The Morgan fingerprint density at radius 1 is 1.11 bits per heavy atom. The Morgan fingerprint density at radius 3 is 2.56 bits per heavy atom. The first-order valence-corrected chi connectivity index (χ1v) is 8.84. The Kier molecular flexibility index (Phi) is 5.83. The van der Waals surface area contributed by atoms with E-state index in [1.165, 1.54) is 0 Å². The van der Waals surface area contributed by atoms with E-state index >= 15 is 0 Å². The van der Waals surface area contributed by atoms with Gasteiger partial charge in [0.05, 0.1) is 0 Å². The lowest BCUT2D eigenvalue weighted by atomic mass is 10.1. The zero-order chi connectivity index (χ0) is 19.2. The van der Waals surface area contributed by atoms with Gasteiger partial charge in [-0.2, -0.15) is 15.1 Å². The summed E-state index contributed by atoms with van der Waals surface area (Å²) in [7, 11) is 0. The third kappa shape index (κ3) is 4.92. The molecule has 0 aliphatic carbocycles. The second-order valence-electron chi connectivity index (χ2n) is 5.88. The second-order valence-corrected chi connectivity index (χ2v) is 6.32. The van der Waals surface area contributed by atoms with Crippen molar-refractivity contribution in [3.05, 3.63) is 64.9 Å². The van der Waals surface area contributed by atoms with E-state index in [0.29, 0.717) is 41.3 Å². The number of aryl methyl sites for hydroxylation is 1. The van der Waals surface area contributed by atoms with Crippen LogP contribution in [0, 0.1) is 0 Å². The van der Waals surface area contributed by atoms with Crippen LogP contribution >= 0.6 is 11.6 Å². The van der Waals surface area contributed by atoms with E-state index in [4.69, 9.17) is 23.2 Å². The predicted molar refractivity (Wildman–Crippen MR) is 109 cm³/mol. The van der Waals surface area contributed by atoms with Crippen molar-refractivity contribution in [2.75, 3.05) is 5.32 Å². The molecule has 8 heteroatoms. The monoisotopic (exact) mass is 381 g/mol. The maximum atomic E-state index is 6.09. The van der Waals surface area contributed by atoms with Crippen molar-refractivity contribution in [3.63, 3.8) is 0 Å². The highest BCUT2D eigenvalue weighted by molar-refractivity contribution is 6.30. The molecular formula is C19H20ClN7. The lowest BCUT2D eigenvalue weighted by Crippen LogP contribution is -2.16. The molecule has 0 atom stereocenters. The third-order valence-corrected chi connectivity index (χ3v) is 4.08. The summed E-state index contributed by atoms with van der Waals surface area (Å²) in [6.07, 6.45) is 1.20. The van der Waals surface area contributed by atoms with Gasteiger partial charge in [-0.15, -0.1) is 0 Å². The molecule has 1 heterocycles. The van der Waals surface area contributed by atoms with Gasteiger partial charge in [0.2, 0.25) is 5.95 Å². The van der Waals surface area contributed by atoms with E-state index in [1.807, 2.05) is 55.5 Å². The van der Waals surface area contributed by atoms with Gasteiger partial charge in [-0.1, -0.05) is 42.8 Å². The number of aromatic nitrogens is 3. The summed E-state index contributed by atoms with van der Waals surface area (Å²) in [4.78, 5) is 13.5. The molecule has 1 aromatic heterocycles. The van der Waals surface area contributed by atoms with Crippen LogP contribution in [0.4, 0.5) is 11.6 Å². The van der Waals surface area contributed by atoms with Crippen molar-refractivity contribution >= 4 is 29.1 Å². The number of hydrazone groups is 1. The van der Waals surface area contributed by atoms with E-state index in [9.17, 15) is 0 Å². The van der Waals surface area contributed by atoms with Gasteiger partial charge in [-0.25, -0.2) is 4.98 Å². The molecule has 5 N–H and O–H groups in total. The molecular weight excluding hydrogens is 362 g/mol. The second kappa shape index (κ2) is 8.46. The van der Waals surface area contributed by atoms with Crippen molar-refractivity contribution in [1.82, 2.24) is 15.0 Å². The minimum absolute atomic E-state index is 0.381. The molecule has 0 saturated heterocycles. The number of amidine groups is 1. The van der Waals surface area contributed by atoms with Crippen LogP contribution in [0.1, 0.15) is 18.3 Å². The van der Waals surface area contributed by atoms with E-state index in [-0.39, 0.29) is 0 Å². The molecule has 0 saturated carbocycles. The van der Waals surface area contributed by atoms with Crippen molar-refractivity contribution in [3.8, 4) is 11.4 Å². The topological polar surface area (TPSA) is 115 Å². The van der Waals surface area contributed by atoms with Crippen molar-refractivity contribution < 1.29 is 0 Å². The summed E-state index contributed by atoms with van der Waals surface area (Å²) < 4.78 is 0. The number of hydrogen-bond donors (Lipinski definition) is 3. The molecule has 0 radical (unpaired) electrons. The standard InChI is InChI=1S/C19H20ClN7/c1-2-17-24-18(13-4-3-5-14(20)11-13)26-19(25-17)23-15-8-6-12(7-9-15)10-16(21)27-22/h3-9,11H,2,10,22H2,1H3,(H2,21,27)(H,23,24,25,26). The molecule has 0 fully saturated rings. The highest BCUT2D eigenvalue weighted by Crippen LogP contribution is 2.22. The van der Waals surface area contributed by atoms with Crippen LogP contribution in [0.5, 0.6) is 0 Å². The number of nitrogens with zero attached hydrogens (tertiary/aromatic N) is 4. The smallest absolute Gasteiger partial charge is 0.231 e. The molecule has 3 rings (SSSR count). The van der Waals surface area contributed by atoms with E-state index < -0.39 is 0 Å². The van der Waals surface area contributed by atoms with E-state index in [0.717, 1.165) is 16.8 Å². The van der Waals surface area contributed by atoms with Gasteiger partial charge in [0.25, 0.3) is 0 Å². The van der Waals surface area contributed by atoms with Gasteiger partial charge in [0, 0.05) is 29.1 Å².